The summed E-state index contributed by atoms with van der Waals surface area (Å²) in [5.74, 6) is 1.45. The van der Waals surface area contributed by atoms with Crippen molar-refractivity contribution in [2.45, 2.75) is 26.7 Å². The Kier molecular flexibility index (Phi) is 7.61. The fourth-order valence-corrected chi connectivity index (χ4v) is 2.68. The lowest BCUT2D eigenvalue weighted by Crippen LogP contribution is -2.27. The molecule has 0 atom stereocenters. The summed E-state index contributed by atoms with van der Waals surface area (Å²) in [5, 5.41) is 3.54. The van der Waals surface area contributed by atoms with Gasteiger partial charge in [0.25, 0.3) is 0 Å². The van der Waals surface area contributed by atoms with Crippen LogP contribution >= 0.6 is 11.6 Å². The van der Waals surface area contributed by atoms with Crippen molar-refractivity contribution in [3.05, 3.63) is 58.6 Å². The second kappa shape index (κ2) is 9.94. The van der Waals surface area contributed by atoms with Crippen LogP contribution in [0.1, 0.15) is 25.0 Å². The number of rotatable bonds is 9. The Hall–Kier alpha value is -2.20. The van der Waals surface area contributed by atoms with E-state index in [2.05, 4.69) is 5.32 Å². The molecule has 0 fully saturated rings. The van der Waals surface area contributed by atoms with Gasteiger partial charge in [-0.05, 0) is 49.6 Å². The third-order valence-corrected chi connectivity index (χ3v) is 4.02. The van der Waals surface area contributed by atoms with Gasteiger partial charge in [-0.15, -0.1) is 0 Å². The summed E-state index contributed by atoms with van der Waals surface area (Å²) in [4.78, 5) is 12.0. The van der Waals surface area contributed by atoms with E-state index >= 15 is 0 Å². The van der Waals surface area contributed by atoms with E-state index in [0.29, 0.717) is 24.8 Å². The maximum Gasteiger partial charge on any atom is 0.224 e. The van der Waals surface area contributed by atoms with Crippen molar-refractivity contribution in [3.63, 3.8) is 0 Å². The quantitative estimate of drug-likeness (QED) is 0.733. The molecule has 0 unspecified atom stereocenters. The zero-order valence-corrected chi connectivity index (χ0v) is 15.4. The van der Waals surface area contributed by atoms with Crippen LogP contribution in [-0.2, 0) is 17.6 Å². The average Bonchev–Trinajstić information content (AvgIpc) is 2.59. The third kappa shape index (κ3) is 5.98. The average molecular weight is 362 g/mol. The number of hydrogen-bond acceptors (Lipinski definition) is 3. The van der Waals surface area contributed by atoms with Crippen molar-refractivity contribution in [2.24, 2.45) is 0 Å². The molecule has 0 saturated carbocycles. The van der Waals surface area contributed by atoms with Crippen LogP contribution in [0.5, 0.6) is 11.5 Å². The molecule has 2 aromatic carbocycles. The molecular formula is C20H24ClNO3. The zero-order chi connectivity index (χ0) is 18.1. The Morgan fingerprint density at radius 1 is 1.04 bits per heavy atom. The number of amides is 1. The standard InChI is InChI=1S/C20H24ClNO3/c1-3-24-18-10-9-15(13-19(18)25-4-2)11-12-22-20(23)14-16-7-5-6-8-17(16)21/h5-10,13H,3-4,11-12,14H2,1-2H3,(H,22,23). The molecule has 134 valence electrons. The van der Waals surface area contributed by atoms with E-state index in [0.717, 1.165) is 29.0 Å². The number of ether oxygens (including phenoxy) is 2. The van der Waals surface area contributed by atoms with E-state index in [-0.39, 0.29) is 12.3 Å². The Morgan fingerprint density at radius 2 is 1.76 bits per heavy atom. The highest BCUT2D eigenvalue weighted by molar-refractivity contribution is 6.31. The van der Waals surface area contributed by atoms with Crippen molar-refractivity contribution in [1.29, 1.82) is 0 Å². The normalized spacial score (nSPS) is 10.4. The number of halogens is 1. The molecule has 1 amide bonds. The molecule has 0 aliphatic heterocycles. The van der Waals surface area contributed by atoms with Crippen LogP contribution < -0.4 is 14.8 Å². The largest absolute Gasteiger partial charge is 0.490 e. The first-order valence-corrected chi connectivity index (χ1v) is 8.90. The fourth-order valence-electron chi connectivity index (χ4n) is 2.47. The van der Waals surface area contributed by atoms with Gasteiger partial charge in [-0.1, -0.05) is 35.9 Å². The molecule has 0 radical (unpaired) electrons. The third-order valence-electron chi connectivity index (χ3n) is 3.65. The van der Waals surface area contributed by atoms with Crippen LogP contribution in [0.4, 0.5) is 0 Å². The van der Waals surface area contributed by atoms with Gasteiger partial charge in [0, 0.05) is 11.6 Å². The Bertz CT molecular complexity index is 703. The van der Waals surface area contributed by atoms with Crippen LogP contribution in [-0.4, -0.2) is 25.7 Å². The monoisotopic (exact) mass is 361 g/mol. The number of benzene rings is 2. The highest BCUT2D eigenvalue weighted by Gasteiger charge is 2.08. The van der Waals surface area contributed by atoms with Crippen LogP contribution in [0.2, 0.25) is 5.02 Å². The number of carbonyl (C=O) groups excluding carboxylic acids is 1. The van der Waals surface area contributed by atoms with Crippen LogP contribution in [0.15, 0.2) is 42.5 Å². The number of nitrogens with one attached hydrogen (secondary N) is 1. The lowest BCUT2D eigenvalue weighted by atomic mass is 10.1. The van der Waals surface area contributed by atoms with Crippen molar-refractivity contribution in [3.8, 4) is 11.5 Å². The molecule has 2 aromatic rings. The predicted molar refractivity (Wildman–Crippen MR) is 101 cm³/mol. The predicted octanol–water partition coefficient (Wildman–Crippen LogP) is 4.04. The van der Waals surface area contributed by atoms with Gasteiger partial charge in [0.2, 0.25) is 5.91 Å². The highest BCUT2D eigenvalue weighted by atomic mass is 35.5. The van der Waals surface area contributed by atoms with E-state index in [9.17, 15) is 4.79 Å². The highest BCUT2D eigenvalue weighted by Crippen LogP contribution is 2.28. The van der Waals surface area contributed by atoms with Gasteiger partial charge < -0.3 is 14.8 Å². The number of carbonyl (C=O) groups is 1. The fraction of sp³-hybridized carbons (Fsp3) is 0.350. The molecule has 0 spiro atoms. The van der Waals surface area contributed by atoms with Crippen molar-refractivity contribution >= 4 is 17.5 Å². The maximum atomic E-state index is 12.0. The summed E-state index contributed by atoms with van der Waals surface area (Å²) < 4.78 is 11.2. The molecule has 5 heteroatoms. The summed E-state index contributed by atoms with van der Waals surface area (Å²) in [5.41, 5.74) is 1.92. The van der Waals surface area contributed by atoms with Gasteiger partial charge in [-0.3, -0.25) is 4.79 Å². The second-order valence-corrected chi connectivity index (χ2v) is 5.92. The lowest BCUT2D eigenvalue weighted by molar-refractivity contribution is -0.120. The van der Waals surface area contributed by atoms with E-state index in [1.165, 1.54) is 0 Å². The zero-order valence-electron chi connectivity index (χ0n) is 14.7. The van der Waals surface area contributed by atoms with Gasteiger partial charge in [0.15, 0.2) is 11.5 Å². The molecular weight excluding hydrogens is 338 g/mol. The van der Waals surface area contributed by atoms with Crippen molar-refractivity contribution < 1.29 is 14.3 Å². The van der Waals surface area contributed by atoms with Gasteiger partial charge in [-0.25, -0.2) is 0 Å². The smallest absolute Gasteiger partial charge is 0.224 e. The Balaban J connectivity index is 1.87. The first-order valence-electron chi connectivity index (χ1n) is 8.52. The molecule has 4 nitrogen and oxygen atoms in total. The minimum atomic E-state index is -0.0379. The van der Waals surface area contributed by atoms with E-state index in [1.54, 1.807) is 6.07 Å². The molecule has 0 heterocycles. The van der Waals surface area contributed by atoms with E-state index < -0.39 is 0 Å². The minimum Gasteiger partial charge on any atom is -0.490 e. The second-order valence-electron chi connectivity index (χ2n) is 5.52. The molecule has 0 aliphatic carbocycles. The topological polar surface area (TPSA) is 47.6 Å². The summed E-state index contributed by atoms with van der Waals surface area (Å²) >= 11 is 6.08. The van der Waals surface area contributed by atoms with Gasteiger partial charge in [0.05, 0.1) is 19.6 Å². The summed E-state index contributed by atoms with van der Waals surface area (Å²) in [7, 11) is 0. The lowest BCUT2D eigenvalue weighted by Gasteiger charge is -2.12. The SMILES string of the molecule is CCOc1ccc(CCNC(=O)Cc2ccccc2Cl)cc1OCC. The first-order chi connectivity index (χ1) is 12.1. The Labute approximate surface area is 154 Å². The van der Waals surface area contributed by atoms with E-state index in [4.69, 9.17) is 21.1 Å². The van der Waals surface area contributed by atoms with Crippen molar-refractivity contribution in [2.75, 3.05) is 19.8 Å². The van der Waals surface area contributed by atoms with Crippen LogP contribution in [0.3, 0.4) is 0 Å². The molecule has 25 heavy (non-hydrogen) atoms. The molecule has 2 rings (SSSR count). The number of hydrogen-bond donors (Lipinski definition) is 1. The van der Waals surface area contributed by atoms with Gasteiger partial charge in [0.1, 0.15) is 0 Å². The summed E-state index contributed by atoms with van der Waals surface area (Å²) in [6.45, 7) is 5.62. The van der Waals surface area contributed by atoms with Crippen molar-refractivity contribution in [1.82, 2.24) is 5.32 Å². The van der Waals surface area contributed by atoms with Crippen LogP contribution in [0.25, 0.3) is 0 Å². The van der Waals surface area contributed by atoms with Gasteiger partial charge in [-0.2, -0.15) is 0 Å². The molecule has 0 aromatic heterocycles. The summed E-state index contributed by atoms with van der Waals surface area (Å²) in [6, 6.07) is 13.3. The van der Waals surface area contributed by atoms with Gasteiger partial charge >= 0.3 is 0 Å². The van der Waals surface area contributed by atoms with Crippen LogP contribution in [0, 0.1) is 0 Å². The molecule has 0 bridgehead atoms. The minimum absolute atomic E-state index is 0.0379. The first kappa shape index (κ1) is 19.1. The molecule has 0 aliphatic rings. The van der Waals surface area contributed by atoms with E-state index in [1.807, 2.05) is 50.2 Å². The summed E-state index contributed by atoms with van der Waals surface area (Å²) in [6.07, 6.45) is 1.01. The maximum absolute atomic E-state index is 12.0. The Morgan fingerprint density at radius 3 is 2.48 bits per heavy atom. The molecule has 0 saturated heterocycles. The molecule has 1 N–H and O–H groups in total.